The molecule has 0 saturated carbocycles. The average molecular weight is 374 g/mol. The maximum absolute atomic E-state index is 12.5. The van der Waals surface area contributed by atoms with E-state index in [2.05, 4.69) is 15.2 Å². The van der Waals surface area contributed by atoms with Gasteiger partial charge in [-0.2, -0.15) is 0 Å². The molecule has 3 aromatic rings. The van der Waals surface area contributed by atoms with E-state index < -0.39 is 0 Å². The van der Waals surface area contributed by atoms with E-state index in [9.17, 15) is 9.59 Å². The zero-order valence-corrected chi connectivity index (χ0v) is 15.5. The summed E-state index contributed by atoms with van der Waals surface area (Å²) in [5, 5.41) is 4.84. The molecule has 4 rings (SSSR count). The molecule has 0 radical (unpaired) electrons. The highest BCUT2D eigenvalue weighted by molar-refractivity contribution is 6.00. The average Bonchev–Trinajstić information content (AvgIpc) is 2.77. The van der Waals surface area contributed by atoms with Crippen molar-refractivity contribution in [1.82, 2.24) is 15.2 Å². The minimum absolute atomic E-state index is 0.00917. The van der Waals surface area contributed by atoms with E-state index >= 15 is 0 Å². The fourth-order valence-electron chi connectivity index (χ4n) is 3.43. The number of rotatable bonds is 4. The molecule has 0 aliphatic carbocycles. The molecule has 2 aromatic carbocycles. The number of carbonyl (C=O) groups excluding carboxylic acids is 2. The number of carbonyl (C=O) groups is 2. The zero-order chi connectivity index (χ0) is 19.3. The van der Waals surface area contributed by atoms with Crippen LogP contribution in [0, 0.1) is 0 Å². The Morgan fingerprint density at radius 1 is 0.893 bits per heavy atom. The van der Waals surface area contributed by atoms with Crippen molar-refractivity contribution in [2.75, 3.05) is 37.6 Å². The number of fused-ring (bicyclic) bond motifs is 1. The van der Waals surface area contributed by atoms with Gasteiger partial charge in [-0.1, -0.05) is 36.4 Å². The normalized spacial score (nSPS) is 14.1. The van der Waals surface area contributed by atoms with Crippen LogP contribution in [0.4, 0.5) is 5.82 Å². The number of hydrogen-bond donors (Lipinski definition) is 1. The van der Waals surface area contributed by atoms with Gasteiger partial charge in [-0.25, -0.2) is 4.98 Å². The van der Waals surface area contributed by atoms with Crippen molar-refractivity contribution in [2.24, 2.45) is 0 Å². The Bertz CT molecular complexity index is 982. The van der Waals surface area contributed by atoms with Crippen molar-refractivity contribution >= 4 is 28.4 Å². The van der Waals surface area contributed by atoms with Crippen LogP contribution in [-0.2, 0) is 4.79 Å². The van der Waals surface area contributed by atoms with Gasteiger partial charge in [0.05, 0.1) is 6.54 Å². The molecule has 2 heterocycles. The van der Waals surface area contributed by atoms with Crippen molar-refractivity contribution in [3.05, 3.63) is 72.4 Å². The van der Waals surface area contributed by atoms with Crippen LogP contribution in [-0.4, -0.2) is 54.4 Å². The Hall–Kier alpha value is -3.41. The summed E-state index contributed by atoms with van der Waals surface area (Å²) in [6, 6.07) is 19.3. The first kappa shape index (κ1) is 18.0. The summed E-state index contributed by atoms with van der Waals surface area (Å²) in [5.41, 5.74) is 0.562. The SMILES string of the molecule is O=C(NCC(=O)N1CCN(c2ccccn2)CC1)c1ccc2ccccc2c1. The van der Waals surface area contributed by atoms with Gasteiger partial charge in [0.1, 0.15) is 5.82 Å². The number of pyridine rings is 1. The van der Waals surface area contributed by atoms with E-state index in [4.69, 9.17) is 0 Å². The molecule has 0 spiro atoms. The highest BCUT2D eigenvalue weighted by atomic mass is 16.2. The standard InChI is InChI=1S/C22H22N4O2/c27-21(26-13-11-25(12-14-26)20-7-3-4-10-23-20)16-24-22(28)19-9-8-17-5-1-2-6-18(17)15-19/h1-10,15H,11-14,16H2,(H,24,28). The lowest BCUT2D eigenvalue weighted by atomic mass is 10.1. The molecule has 6 nitrogen and oxygen atoms in total. The van der Waals surface area contributed by atoms with Crippen LogP contribution < -0.4 is 10.2 Å². The minimum Gasteiger partial charge on any atom is -0.353 e. The molecule has 1 N–H and O–H groups in total. The molecule has 6 heteroatoms. The van der Waals surface area contributed by atoms with E-state index in [1.54, 1.807) is 17.2 Å². The van der Waals surface area contributed by atoms with Gasteiger partial charge in [0.25, 0.3) is 5.91 Å². The molecule has 1 aromatic heterocycles. The van der Waals surface area contributed by atoms with Crippen LogP contribution in [0.1, 0.15) is 10.4 Å². The highest BCUT2D eigenvalue weighted by Crippen LogP contribution is 2.16. The van der Waals surface area contributed by atoms with E-state index in [-0.39, 0.29) is 18.4 Å². The largest absolute Gasteiger partial charge is 0.353 e. The monoisotopic (exact) mass is 374 g/mol. The fraction of sp³-hybridized carbons (Fsp3) is 0.227. The number of anilines is 1. The Labute approximate surface area is 163 Å². The molecule has 2 amide bonds. The third-order valence-corrected chi connectivity index (χ3v) is 5.02. The first-order valence-corrected chi connectivity index (χ1v) is 9.41. The van der Waals surface area contributed by atoms with Gasteiger partial charge >= 0.3 is 0 Å². The third-order valence-electron chi connectivity index (χ3n) is 5.02. The topological polar surface area (TPSA) is 65.5 Å². The van der Waals surface area contributed by atoms with Crippen molar-refractivity contribution in [3.63, 3.8) is 0 Å². The number of piperazine rings is 1. The van der Waals surface area contributed by atoms with Crippen molar-refractivity contribution in [1.29, 1.82) is 0 Å². The lowest BCUT2D eigenvalue weighted by Crippen LogP contribution is -2.51. The van der Waals surface area contributed by atoms with E-state index in [1.165, 1.54) is 0 Å². The second kappa shape index (κ2) is 8.08. The Kier molecular flexibility index (Phi) is 5.19. The van der Waals surface area contributed by atoms with Gasteiger partial charge in [0, 0.05) is 37.9 Å². The highest BCUT2D eigenvalue weighted by Gasteiger charge is 2.22. The predicted octanol–water partition coefficient (Wildman–Crippen LogP) is 2.31. The summed E-state index contributed by atoms with van der Waals surface area (Å²) in [6.07, 6.45) is 1.77. The zero-order valence-electron chi connectivity index (χ0n) is 15.5. The number of nitrogens with zero attached hydrogens (tertiary/aromatic N) is 3. The molecular formula is C22H22N4O2. The maximum Gasteiger partial charge on any atom is 0.251 e. The third kappa shape index (κ3) is 3.96. The minimum atomic E-state index is -0.230. The second-order valence-corrected chi connectivity index (χ2v) is 6.80. The van der Waals surface area contributed by atoms with Gasteiger partial charge in [-0.05, 0) is 35.0 Å². The van der Waals surface area contributed by atoms with Gasteiger partial charge in [-0.15, -0.1) is 0 Å². The summed E-state index contributed by atoms with van der Waals surface area (Å²) < 4.78 is 0. The lowest BCUT2D eigenvalue weighted by Gasteiger charge is -2.35. The van der Waals surface area contributed by atoms with Crippen LogP contribution in [0.3, 0.4) is 0 Å². The second-order valence-electron chi connectivity index (χ2n) is 6.80. The quantitative estimate of drug-likeness (QED) is 0.761. The van der Waals surface area contributed by atoms with Gasteiger partial charge in [-0.3, -0.25) is 9.59 Å². The molecule has 1 aliphatic rings. The number of nitrogens with one attached hydrogen (secondary N) is 1. The molecule has 0 bridgehead atoms. The molecule has 1 aliphatic heterocycles. The molecule has 1 fully saturated rings. The van der Waals surface area contributed by atoms with Gasteiger partial charge in [0.15, 0.2) is 0 Å². The number of aromatic nitrogens is 1. The number of hydrogen-bond acceptors (Lipinski definition) is 4. The summed E-state index contributed by atoms with van der Waals surface area (Å²) >= 11 is 0. The Balaban J connectivity index is 1.30. The van der Waals surface area contributed by atoms with Gasteiger partial charge in [0.2, 0.25) is 5.91 Å². The molecule has 0 unspecified atom stereocenters. The van der Waals surface area contributed by atoms with Crippen LogP contribution in [0.5, 0.6) is 0 Å². The van der Waals surface area contributed by atoms with E-state index in [1.807, 2.05) is 54.6 Å². The van der Waals surface area contributed by atoms with Gasteiger partial charge < -0.3 is 15.1 Å². The Morgan fingerprint density at radius 3 is 2.39 bits per heavy atom. The van der Waals surface area contributed by atoms with Crippen LogP contribution >= 0.6 is 0 Å². The molecule has 28 heavy (non-hydrogen) atoms. The first-order valence-electron chi connectivity index (χ1n) is 9.41. The molecule has 1 saturated heterocycles. The van der Waals surface area contributed by atoms with Crippen LogP contribution in [0.25, 0.3) is 10.8 Å². The summed E-state index contributed by atoms with van der Waals surface area (Å²) in [7, 11) is 0. The molecule has 0 atom stereocenters. The molecule has 142 valence electrons. The van der Waals surface area contributed by atoms with Crippen molar-refractivity contribution < 1.29 is 9.59 Å². The summed E-state index contributed by atoms with van der Waals surface area (Å²) in [4.78, 5) is 33.2. The van der Waals surface area contributed by atoms with Crippen molar-refractivity contribution in [2.45, 2.75) is 0 Å². The summed E-state index contributed by atoms with van der Waals surface area (Å²) in [5.74, 6) is 0.639. The summed E-state index contributed by atoms with van der Waals surface area (Å²) in [6.45, 7) is 2.74. The number of benzene rings is 2. The van der Waals surface area contributed by atoms with Crippen LogP contribution in [0.2, 0.25) is 0 Å². The van der Waals surface area contributed by atoms with Crippen molar-refractivity contribution in [3.8, 4) is 0 Å². The smallest absolute Gasteiger partial charge is 0.251 e. The number of amides is 2. The Morgan fingerprint density at radius 2 is 1.64 bits per heavy atom. The van der Waals surface area contributed by atoms with Crippen LogP contribution in [0.15, 0.2) is 66.9 Å². The predicted molar refractivity (Wildman–Crippen MR) is 109 cm³/mol. The van der Waals surface area contributed by atoms with E-state index in [0.29, 0.717) is 18.7 Å². The van der Waals surface area contributed by atoms with E-state index in [0.717, 1.165) is 29.7 Å². The molecular weight excluding hydrogens is 352 g/mol. The fourth-order valence-corrected chi connectivity index (χ4v) is 3.43. The maximum atomic E-state index is 12.5. The lowest BCUT2D eigenvalue weighted by molar-refractivity contribution is -0.130. The first-order chi connectivity index (χ1) is 13.7.